The van der Waals surface area contributed by atoms with Gasteiger partial charge in [0.25, 0.3) is 0 Å². The number of carbonyl (C=O) groups excluding carboxylic acids is 1. The van der Waals surface area contributed by atoms with E-state index in [0.717, 1.165) is 25.7 Å². The fraction of sp³-hybridized carbons (Fsp3) is 0.900. The van der Waals surface area contributed by atoms with Gasteiger partial charge in [-0.15, -0.1) is 0 Å². The van der Waals surface area contributed by atoms with Gasteiger partial charge in [-0.3, -0.25) is 10.1 Å². The summed E-state index contributed by atoms with van der Waals surface area (Å²) in [7, 11) is 1.62. The van der Waals surface area contributed by atoms with Crippen LogP contribution in [-0.2, 0) is 9.53 Å². The number of amides is 1. The van der Waals surface area contributed by atoms with Gasteiger partial charge in [-0.05, 0) is 31.6 Å². The van der Waals surface area contributed by atoms with E-state index in [2.05, 4.69) is 5.32 Å². The fourth-order valence-corrected chi connectivity index (χ4v) is 2.02. The van der Waals surface area contributed by atoms with E-state index in [1.54, 1.807) is 7.11 Å². The van der Waals surface area contributed by atoms with E-state index in [1.165, 1.54) is 0 Å². The van der Waals surface area contributed by atoms with Crippen LogP contribution in [0.2, 0.25) is 0 Å². The summed E-state index contributed by atoms with van der Waals surface area (Å²) in [4.78, 5) is 11.5. The van der Waals surface area contributed by atoms with E-state index in [-0.39, 0.29) is 5.91 Å². The van der Waals surface area contributed by atoms with Crippen LogP contribution in [0.3, 0.4) is 0 Å². The second-order valence-corrected chi connectivity index (χ2v) is 4.46. The third-order valence-corrected chi connectivity index (χ3v) is 3.13. The van der Waals surface area contributed by atoms with E-state index in [1.807, 2.05) is 0 Å². The van der Waals surface area contributed by atoms with E-state index < -0.39 is 5.54 Å². The Bertz CT molecular complexity index is 236. The average molecular weight is 198 g/mol. The highest BCUT2D eigenvalue weighted by atomic mass is 16.5. The molecule has 0 spiro atoms. The van der Waals surface area contributed by atoms with Crippen LogP contribution in [0.4, 0.5) is 0 Å². The molecule has 2 fully saturated rings. The molecular weight excluding hydrogens is 180 g/mol. The van der Waals surface area contributed by atoms with E-state index in [9.17, 15) is 4.79 Å². The lowest BCUT2D eigenvalue weighted by Gasteiger charge is -2.31. The van der Waals surface area contributed by atoms with Gasteiger partial charge in [0.05, 0.1) is 6.61 Å². The van der Waals surface area contributed by atoms with E-state index in [0.29, 0.717) is 18.6 Å². The van der Waals surface area contributed by atoms with E-state index >= 15 is 0 Å². The summed E-state index contributed by atoms with van der Waals surface area (Å²) in [5, 5.41) is 3.37. The number of nitrogens with two attached hydrogens (primary N) is 1. The second kappa shape index (κ2) is 3.51. The first kappa shape index (κ1) is 9.93. The molecule has 80 valence electrons. The molecule has 14 heavy (non-hydrogen) atoms. The van der Waals surface area contributed by atoms with Gasteiger partial charge in [-0.2, -0.15) is 0 Å². The predicted octanol–water partition coefficient (Wildman–Crippen LogP) is 0.0189. The minimum Gasteiger partial charge on any atom is -0.382 e. The van der Waals surface area contributed by atoms with Gasteiger partial charge in [-0.25, -0.2) is 0 Å². The Balaban J connectivity index is 2.08. The highest BCUT2D eigenvalue weighted by molar-refractivity contribution is 5.86. The predicted molar refractivity (Wildman–Crippen MR) is 52.7 cm³/mol. The fourth-order valence-electron chi connectivity index (χ4n) is 2.02. The van der Waals surface area contributed by atoms with Crippen molar-refractivity contribution in [2.45, 2.75) is 37.3 Å². The molecule has 1 atom stereocenters. The first-order valence-electron chi connectivity index (χ1n) is 5.25. The second-order valence-electron chi connectivity index (χ2n) is 4.46. The SMILES string of the molecule is COCC(NC1CC1)(C(N)=O)C1CC1. The van der Waals surface area contributed by atoms with Crippen LogP contribution in [0.25, 0.3) is 0 Å². The molecule has 0 aromatic carbocycles. The number of nitrogens with one attached hydrogen (secondary N) is 1. The Morgan fingerprint density at radius 2 is 2.14 bits per heavy atom. The van der Waals surface area contributed by atoms with Crippen molar-refractivity contribution in [2.24, 2.45) is 11.7 Å². The normalized spacial score (nSPS) is 25.8. The lowest BCUT2D eigenvalue weighted by atomic mass is 9.93. The first-order valence-corrected chi connectivity index (χ1v) is 5.25. The Kier molecular flexibility index (Phi) is 2.49. The number of carbonyl (C=O) groups is 1. The molecule has 0 bridgehead atoms. The monoisotopic (exact) mass is 198 g/mol. The molecule has 0 radical (unpaired) electrons. The summed E-state index contributed by atoms with van der Waals surface area (Å²) >= 11 is 0. The van der Waals surface area contributed by atoms with Crippen LogP contribution in [0.5, 0.6) is 0 Å². The topological polar surface area (TPSA) is 64.3 Å². The average Bonchev–Trinajstić information content (AvgIpc) is 2.98. The molecule has 2 aliphatic rings. The van der Waals surface area contributed by atoms with Gasteiger partial charge < -0.3 is 10.5 Å². The molecule has 2 saturated carbocycles. The van der Waals surface area contributed by atoms with Crippen molar-refractivity contribution >= 4 is 5.91 Å². The highest BCUT2D eigenvalue weighted by Crippen LogP contribution is 2.41. The minimum atomic E-state index is -0.587. The maximum atomic E-state index is 11.5. The van der Waals surface area contributed by atoms with Gasteiger partial charge >= 0.3 is 0 Å². The maximum Gasteiger partial charge on any atom is 0.240 e. The summed E-state index contributed by atoms with van der Waals surface area (Å²) < 4.78 is 5.14. The molecule has 1 amide bonds. The van der Waals surface area contributed by atoms with Crippen molar-refractivity contribution in [1.29, 1.82) is 0 Å². The lowest BCUT2D eigenvalue weighted by molar-refractivity contribution is -0.127. The van der Waals surface area contributed by atoms with Crippen LogP contribution in [0.15, 0.2) is 0 Å². The summed E-state index contributed by atoms with van der Waals surface area (Å²) in [5.74, 6) is 0.134. The van der Waals surface area contributed by atoms with Crippen molar-refractivity contribution < 1.29 is 9.53 Å². The number of methoxy groups -OCH3 is 1. The van der Waals surface area contributed by atoms with Crippen molar-refractivity contribution in [3.05, 3.63) is 0 Å². The molecule has 0 aromatic heterocycles. The van der Waals surface area contributed by atoms with Crippen molar-refractivity contribution in [3.8, 4) is 0 Å². The molecule has 1 unspecified atom stereocenters. The summed E-state index contributed by atoms with van der Waals surface area (Å²) in [6.07, 6.45) is 4.50. The standard InChI is InChI=1S/C10H18N2O2/c1-14-6-10(9(11)13,7-2-3-7)12-8-4-5-8/h7-8,12H,2-6H2,1H3,(H2,11,13). The molecular formula is C10H18N2O2. The molecule has 4 heteroatoms. The zero-order chi connectivity index (χ0) is 10.2. The third-order valence-electron chi connectivity index (χ3n) is 3.13. The van der Waals surface area contributed by atoms with Gasteiger partial charge in [0.15, 0.2) is 0 Å². The Labute approximate surface area is 84.2 Å². The molecule has 2 rings (SSSR count). The largest absolute Gasteiger partial charge is 0.382 e. The van der Waals surface area contributed by atoms with Gasteiger partial charge in [0.1, 0.15) is 5.54 Å². The summed E-state index contributed by atoms with van der Waals surface area (Å²) in [6, 6.07) is 0.484. The number of hydrogen-bond acceptors (Lipinski definition) is 3. The number of primary amides is 1. The molecule has 0 heterocycles. The zero-order valence-corrected chi connectivity index (χ0v) is 8.58. The Morgan fingerprint density at radius 3 is 2.50 bits per heavy atom. The molecule has 2 aliphatic carbocycles. The van der Waals surface area contributed by atoms with Crippen LogP contribution >= 0.6 is 0 Å². The van der Waals surface area contributed by atoms with Crippen LogP contribution < -0.4 is 11.1 Å². The number of hydrogen-bond donors (Lipinski definition) is 2. The quantitative estimate of drug-likeness (QED) is 0.632. The smallest absolute Gasteiger partial charge is 0.240 e. The molecule has 0 aromatic rings. The number of rotatable bonds is 6. The van der Waals surface area contributed by atoms with Crippen LogP contribution in [0.1, 0.15) is 25.7 Å². The van der Waals surface area contributed by atoms with Gasteiger partial charge in [0, 0.05) is 13.2 Å². The van der Waals surface area contributed by atoms with Crippen molar-refractivity contribution in [3.63, 3.8) is 0 Å². The Hall–Kier alpha value is -0.610. The van der Waals surface area contributed by atoms with Gasteiger partial charge in [-0.1, -0.05) is 0 Å². The number of ether oxygens (including phenoxy) is 1. The molecule has 0 saturated heterocycles. The first-order chi connectivity index (χ1) is 6.69. The molecule has 3 N–H and O–H groups in total. The summed E-state index contributed by atoms with van der Waals surface area (Å²) in [6.45, 7) is 0.406. The maximum absolute atomic E-state index is 11.5. The van der Waals surface area contributed by atoms with E-state index in [4.69, 9.17) is 10.5 Å². The Morgan fingerprint density at radius 1 is 1.50 bits per heavy atom. The van der Waals surface area contributed by atoms with Gasteiger partial charge in [0.2, 0.25) is 5.91 Å². The third kappa shape index (κ3) is 1.77. The van der Waals surface area contributed by atoms with Crippen LogP contribution in [0, 0.1) is 5.92 Å². The lowest BCUT2D eigenvalue weighted by Crippen LogP contribution is -2.61. The minimum absolute atomic E-state index is 0.256. The molecule has 0 aliphatic heterocycles. The molecule has 4 nitrogen and oxygen atoms in total. The van der Waals surface area contributed by atoms with Crippen LogP contribution in [-0.4, -0.2) is 31.2 Å². The van der Waals surface area contributed by atoms with Crippen molar-refractivity contribution in [1.82, 2.24) is 5.32 Å². The highest BCUT2D eigenvalue weighted by Gasteiger charge is 2.51. The van der Waals surface area contributed by atoms with Crippen molar-refractivity contribution in [2.75, 3.05) is 13.7 Å². The zero-order valence-electron chi connectivity index (χ0n) is 8.58. The summed E-state index contributed by atoms with van der Waals surface area (Å²) in [5.41, 5.74) is 4.91.